The first kappa shape index (κ1) is 11.6. The van der Waals surface area contributed by atoms with Gasteiger partial charge in [0.15, 0.2) is 0 Å². The van der Waals surface area contributed by atoms with Crippen LogP contribution in [0.1, 0.15) is 5.56 Å². The first-order valence-corrected chi connectivity index (χ1v) is 6.34. The van der Waals surface area contributed by atoms with Gasteiger partial charge >= 0.3 is 0 Å². The fourth-order valence-corrected chi connectivity index (χ4v) is 2.58. The zero-order valence-corrected chi connectivity index (χ0v) is 9.87. The number of hydrogen-bond donors (Lipinski definition) is 0. The Hall–Kier alpha value is -0.450. The van der Waals surface area contributed by atoms with Crippen molar-refractivity contribution in [2.45, 2.75) is 11.8 Å². The molecule has 14 heavy (non-hydrogen) atoms. The van der Waals surface area contributed by atoms with Gasteiger partial charge in [0.05, 0.1) is 12.0 Å². The van der Waals surface area contributed by atoms with Gasteiger partial charge in [0.2, 0.25) is 0 Å². The van der Waals surface area contributed by atoms with Gasteiger partial charge in [-0.3, -0.25) is 0 Å². The molecule has 0 amide bonds. The molecule has 0 N–H and O–H groups in total. The van der Waals surface area contributed by atoms with Crippen molar-refractivity contribution >= 4 is 31.3 Å². The molecular formula is C8H8Cl2O3S. The fourth-order valence-electron chi connectivity index (χ4n) is 1.10. The van der Waals surface area contributed by atoms with E-state index in [0.29, 0.717) is 11.3 Å². The molecule has 0 aliphatic carbocycles. The van der Waals surface area contributed by atoms with Crippen molar-refractivity contribution in [3.63, 3.8) is 0 Å². The maximum Gasteiger partial charge on any atom is 0.261 e. The highest BCUT2D eigenvalue weighted by Gasteiger charge is 2.17. The van der Waals surface area contributed by atoms with Gasteiger partial charge in [0.1, 0.15) is 5.75 Å². The normalized spacial score (nSPS) is 11.4. The van der Waals surface area contributed by atoms with Gasteiger partial charge in [-0.05, 0) is 19.1 Å². The van der Waals surface area contributed by atoms with E-state index in [1.54, 1.807) is 6.92 Å². The third-order valence-electron chi connectivity index (χ3n) is 1.76. The molecule has 3 nitrogen and oxygen atoms in total. The largest absolute Gasteiger partial charge is 0.496 e. The van der Waals surface area contributed by atoms with Gasteiger partial charge in [-0.2, -0.15) is 0 Å². The van der Waals surface area contributed by atoms with Crippen LogP contribution in [0.5, 0.6) is 5.75 Å². The van der Waals surface area contributed by atoms with Crippen molar-refractivity contribution in [2.24, 2.45) is 0 Å². The van der Waals surface area contributed by atoms with Crippen molar-refractivity contribution in [3.8, 4) is 5.75 Å². The Morgan fingerprint density at radius 1 is 1.36 bits per heavy atom. The van der Waals surface area contributed by atoms with Gasteiger partial charge in [0.25, 0.3) is 9.05 Å². The summed E-state index contributed by atoms with van der Waals surface area (Å²) in [5.41, 5.74) is 0.451. The first-order chi connectivity index (χ1) is 6.36. The van der Waals surface area contributed by atoms with Gasteiger partial charge < -0.3 is 4.74 Å². The van der Waals surface area contributed by atoms with Gasteiger partial charge in [-0.25, -0.2) is 8.42 Å². The Kier molecular flexibility index (Phi) is 3.29. The SMILES string of the molecule is COc1cc(Cl)cc(S(=O)(=O)Cl)c1C. The maximum atomic E-state index is 11.1. The number of rotatable bonds is 2. The molecule has 0 fully saturated rings. The standard InChI is InChI=1S/C8H8Cl2O3S/c1-5-7(13-2)3-6(9)4-8(5)14(10,11)12/h3-4H,1-2H3. The van der Waals surface area contributed by atoms with Gasteiger partial charge in [-0.1, -0.05) is 11.6 Å². The van der Waals surface area contributed by atoms with E-state index in [4.69, 9.17) is 27.0 Å². The summed E-state index contributed by atoms with van der Waals surface area (Å²) in [7, 11) is 2.88. The molecule has 0 heterocycles. The van der Waals surface area contributed by atoms with Gasteiger partial charge in [0, 0.05) is 21.3 Å². The quantitative estimate of drug-likeness (QED) is 0.763. The molecule has 6 heteroatoms. The minimum absolute atomic E-state index is 0.0245. The molecule has 0 aliphatic heterocycles. The van der Waals surface area contributed by atoms with Crippen LogP contribution in [0.15, 0.2) is 17.0 Å². The number of hydrogen-bond acceptors (Lipinski definition) is 3. The lowest BCUT2D eigenvalue weighted by atomic mass is 10.2. The summed E-state index contributed by atoms with van der Waals surface area (Å²) in [5, 5.41) is 0.270. The summed E-state index contributed by atoms with van der Waals surface area (Å²) in [6, 6.07) is 2.82. The van der Waals surface area contributed by atoms with Crippen LogP contribution in [0, 0.1) is 6.92 Å². The van der Waals surface area contributed by atoms with Crippen LogP contribution in [-0.4, -0.2) is 15.5 Å². The van der Waals surface area contributed by atoms with E-state index < -0.39 is 9.05 Å². The second-order valence-electron chi connectivity index (χ2n) is 2.67. The topological polar surface area (TPSA) is 43.4 Å². The van der Waals surface area contributed by atoms with Crippen LogP contribution < -0.4 is 4.74 Å². The van der Waals surface area contributed by atoms with E-state index >= 15 is 0 Å². The molecule has 0 saturated heterocycles. The first-order valence-electron chi connectivity index (χ1n) is 3.65. The number of ether oxygens (including phenoxy) is 1. The summed E-state index contributed by atoms with van der Waals surface area (Å²) in [4.78, 5) is -0.0245. The summed E-state index contributed by atoms with van der Waals surface area (Å²) >= 11 is 5.70. The molecule has 0 aromatic heterocycles. The highest BCUT2D eigenvalue weighted by Crippen LogP contribution is 2.31. The van der Waals surface area contributed by atoms with Crippen molar-refractivity contribution in [1.82, 2.24) is 0 Å². The lowest BCUT2D eigenvalue weighted by Crippen LogP contribution is -1.97. The molecule has 1 rings (SSSR count). The van der Waals surface area contributed by atoms with Crippen molar-refractivity contribution in [3.05, 3.63) is 22.7 Å². The van der Waals surface area contributed by atoms with Crippen LogP contribution >= 0.6 is 22.3 Å². The highest BCUT2D eigenvalue weighted by molar-refractivity contribution is 8.13. The van der Waals surface area contributed by atoms with E-state index in [1.165, 1.54) is 19.2 Å². The Bertz CT molecular complexity index is 454. The average Bonchev–Trinajstić information content (AvgIpc) is 2.06. The third-order valence-corrected chi connectivity index (χ3v) is 3.43. The summed E-state index contributed by atoms with van der Waals surface area (Å²) in [6.45, 7) is 1.60. The zero-order valence-electron chi connectivity index (χ0n) is 7.54. The molecule has 1 aromatic rings. The summed E-state index contributed by atoms with van der Waals surface area (Å²) < 4.78 is 27.2. The van der Waals surface area contributed by atoms with E-state index in [1.807, 2.05) is 0 Å². The Morgan fingerprint density at radius 2 is 1.93 bits per heavy atom. The summed E-state index contributed by atoms with van der Waals surface area (Å²) in [6.07, 6.45) is 0. The number of methoxy groups -OCH3 is 1. The van der Waals surface area contributed by atoms with Crippen molar-refractivity contribution in [2.75, 3.05) is 7.11 Å². The summed E-state index contributed by atoms with van der Waals surface area (Å²) in [5.74, 6) is 0.400. The molecule has 0 saturated carbocycles. The van der Waals surface area contributed by atoms with Crippen LogP contribution in [-0.2, 0) is 9.05 Å². The van der Waals surface area contributed by atoms with E-state index in [-0.39, 0.29) is 9.92 Å². The Morgan fingerprint density at radius 3 is 2.36 bits per heavy atom. The molecule has 0 atom stereocenters. The van der Waals surface area contributed by atoms with Crippen LogP contribution in [0.2, 0.25) is 5.02 Å². The van der Waals surface area contributed by atoms with Gasteiger partial charge in [-0.15, -0.1) is 0 Å². The predicted octanol–water partition coefficient (Wildman–Crippen LogP) is 2.58. The molecule has 0 bridgehead atoms. The minimum Gasteiger partial charge on any atom is -0.496 e. The Balaban J connectivity index is 3.53. The van der Waals surface area contributed by atoms with Crippen LogP contribution in [0.4, 0.5) is 0 Å². The minimum atomic E-state index is -3.78. The molecule has 1 aromatic carbocycles. The lowest BCUT2D eigenvalue weighted by Gasteiger charge is -2.08. The van der Waals surface area contributed by atoms with E-state index in [9.17, 15) is 8.42 Å². The fraction of sp³-hybridized carbons (Fsp3) is 0.250. The number of halogens is 2. The average molecular weight is 255 g/mol. The van der Waals surface area contributed by atoms with E-state index in [0.717, 1.165) is 0 Å². The molecule has 0 aliphatic rings. The molecular weight excluding hydrogens is 247 g/mol. The highest BCUT2D eigenvalue weighted by atomic mass is 35.7. The Labute approximate surface area is 92.0 Å². The monoisotopic (exact) mass is 254 g/mol. The smallest absolute Gasteiger partial charge is 0.261 e. The lowest BCUT2D eigenvalue weighted by molar-refractivity contribution is 0.410. The second-order valence-corrected chi connectivity index (χ2v) is 5.64. The van der Waals surface area contributed by atoms with Crippen molar-refractivity contribution < 1.29 is 13.2 Å². The maximum absolute atomic E-state index is 11.1. The van der Waals surface area contributed by atoms with Crippen molar-refractivity contribution in [1.29, 1.82) is 0 Å². The van der Waals surface area contributed by atoms with Crippen LogP contribution in [0.3, 0.4) is 0 Å². The molecule has 0 unspecified atom stereocenters. The second kappa shape index (κ2) is 3.96. The molecule has 78 valence electrons. The van der Waals surface area contributed by atoms with E-state index in [2.05, 4.69) is 0 Å². The third kappa shape index (κ3) is 2.32. The number of benzene rings is 1. The molecule has 0 spiro atoms. The molecule has 0 radical (unpaired) electrons. The van der Waals surface area contributed by atoms with Crippen LogP contribution in [0.25, 0.3) is 0 Å². The predicted molar refractivity (Wildman–Crippen MR) is 55.8 cm³/mol. The zero-order chi connectivity index (χ0) is 10.9.